The molecule has 2 bridgehead atoms. The van der Waals surface area contributed by atoms with Crippen molar-refractivity contribution in [1.82, 2.24) is 15.4 Å². The normalized spacial score (nSPS) is 32.7. The molecule has 1 amide bonds. The van der Waals surface area contributed by atoms with E-state index in [0.29, 0.717) is 24.5 Å². The van der Waals surface area contributed by atoms with Crippen LogP contribution in [0.1, 0.15) is 57.9 Å². The fraction of sp³-hybridized carbons (Fsp3) is 0.647. The van der Waals surface area contributed by atoms with Gasteiger partial charge in [-0.15, -0.1) is 0 Å². The van der Waals surface area contributed by atoms with Crippen LogP contribution < -0.4 is 15.4 Å². The van der Waals surface area contributed by atoms with Crippen LogP contribution in [0, 0.1) is 34.8 Å². The number of amides is 1. The van der Waals surface area contributed by atoms with Gasteiger partial charge in [-0.2, -0.15) is 0 Å². The zero-order chi connectivity index (χ0) is 34.7. The summed E-state index contributed by atoms with van der Waals surface area (Å²) in [6.45, 7) is 3.78. The van der Waals surface area contributed by atoms with Gasteiger partial charge in [0.1, 0.15) is 6.10 Å². The fourth-order valence-electron chi connectivity index (χ4n) is 7.37. The van der Waals surface area contributed by atoms with Gasteiger partial charge in [-0.3, -0.25) is 4.99 Å². The number of carbonyl (C=O) groups is 1. The number of allylic oxidation sites excluding steroid dienone is 1. The predicted octanol–water partition coefficient (Wildman–Crippen LogP) is 3.48. The molecule has 2 heterocycles. The number of sulfonamides is 1. The molecule has 4 aliphatic carbocycles. The van der Waals surface area contributed by atoms with E-state index in [1.807, 2.05) is 13.0 Å². The Morgan fingerprint density at radius 2 is 2.00 bits per heavy atom. The summed E-state index contributed by atoms with van der Waals surface area (Å²) >= 11 is 1.51. The summed E-state index contributed by atoms with van der Waals surface area (Å²) < 4.78 is 69.4. The number of aliphatic hydroxyl groups is 2. The van der Waals surface area contributed by atoms with Crippen LogP contribution in [0.25, 0.3) is 0 Å². The van der Waals surface area contributed by atoms with Crippen molar-refractivity contribution in [3.63, 3.8) is 0 Å². The van der Waals surface area contributed by atoms with Crippen molar-refractivity contribution in [2.75, 3.05) is 13.2 Å². The van der Waals surface area contributed by atoms with Crippen LogP contribution in [0.3, 0.4) is 0 Å². The van der Waals surface area contributed by atoms with Crippen LogP contribution >= 0.6 is 11.8 Å². The Labute approximate surface area is 289 Å². The highest BCUT2D eigenvalue weighted by atomic mass is 32.2. The Morgan fingerprint density at radius 3 is 2.69 bits per heavy atom. The van der Waals surface area contributed by atoms with Crippen molar-refractivity contribution < 1.29 is 41.7 Å². The minimum Gasteiger partial charge on any atom is -0.446 e. The molecule has 0 radical (unpaired) electrons. The molecule has 11 nitrogen and oxygen atoms in total. The zero-order valence-corrected chi connectivity index (χ0v) is 29.1. The summed E-state index contributed by atoms with van der Waals surface area (Å²) in [4.78, 5) is 18.2. The molecule has 49 heavy (non-hydrogen) atoms. The van der Waals surface area contributed by atoms with Crippen LogP contribution in [-0.2, 0) is 25.9 Å². The number of nitrogens with one attached hydrogen (secondary N) is 3. The summed E-state index contributed by atoms with van der Waals surface area (Å²) in [5.41, 5.74) is 1.01. The molecule has 5 N–H and O–H groups in total. The number of hydrogen-bond donors (Lipinski definition) is 5. The van der Waals surface area contributed by atoms with Crippen molar-refractivity contribution in [1.29, 1.82) is 0 Å². The van der Waals surface area contributed by atoms with Crippen LogP contribution in [0.4, 0.5) is 13.6 Å². The van der Waals surface area contributed by atoms with Gasteiger partial charge in [0, 0.05) is 30.3 Å². The third kappa shape index (κ3) is 7.86. The summed E-state index contributed by atoms with van der Waals surface area (Å²) in [6, 6.07) is 2.39. The van der Waals surface area contributed by atoms with E-state index in [1.54, 1.807) is 6.08 Å². The van der Waals surface area contributed by atoms with Crippen molar-refractivity contribution in [2.24, 2.45) is 28.2 Å². The van der Waals surface area contributed by atoms with E-state index in [4.69, 9.17) is 14.5 Å². The number of rotatable bonds is 12. The highest BCUT2D eigenvalue weighted by Gasteiger charge is 2.50. The van der Waals surface area contributed by atoms with Crippen molar-refractivity contribution >= 4 is 33.0 Å². The van der Waals surface area contributed by atoms with Gasteiger partial charge in [0.15, 0.2) is 23.1 Å². The molecule has 15 heteroatoms. The molecule has 7 rings (SSSR count). The van der Waals surface area contributed by atoms with Gasteiger partial charge in [0.2, 0.25) is 10.0 Å². The molecule has 0 aromatic heterocycles. The molecule has 268 valence electrons. The molecule has 0 spiro atoms. The topological polar surface area (TPSA) is 159 Å². The standard InChI is InChI=1S/C34H44F2N4O7S2/c1-17-22-11-20(16-46-31(22)42)30(17)47-33(43)40-25(10-18-3-6-23(35)24(36)9-18)27(41)15-37-49(44,45)29-13-28-26(12-19(29)14-34(2)7-8-34)39-32(48-28)38-21-4-5-21/h3,6,9,12-13,17,20-22,25-28,30-31,37,41-42H,4-5,7-8,10-11,14-16H2,1-2H3,(H,38,39)(H,40,43)/t17?,20?,22?,25-,26?,27+,28?,30?,31?/m0/s1. The number of amidine groups is 1. The molecule has 1 aromatic rings. The van der Waals surface area contributed by atoms with Gasteiger partial charge < -0.3 is 30.3 Å². The lowest BCUT2D eigenvalue weighted by Gasteiger charge is -2.28. The van der Waals surface area contributed by atoms with E-state index >= 15 is 0 Å². The number of hydrogen-bond acceptors (Lipinski definition) is 10. The predicted molar refractivity (Wildman–Crippen MR) is 180 cm³/mol. The second kappa shape index (κ2) is 13.5. The SMILES string of the molecule is CC1C2CC(COC2O)C1OC(=O)N[C@@H](Cc1ccc(F)c(F)c1)[C@H](O)CNS(=O)(=O)C1=CC2SC(NC3CC3)=NC2C=C1CC1(C)CC1. The van der Waals surface area contributed by atoms with Crippen molar-refractivity contribution in [3.05, 3.63) is 58.0 Å². The molecule has 1 saturated heterocycles. The van der Waals surface area contributed by atoms with Crippen molar-refractivity contribution in [2.45, 2.75) is 101 Å². The van der Waals surface area contributed by atoms with Crippen LogP contribution in [0.15, 0.2) is 45.8 Å². The number of halogens is 2. The minimum atomic E-state index is -4.12. The average Bonchev–Trinajstić information content (AvgIpc) is 3.95. The molecule has 3 saturated carbocycles. The first-order chi connectivity index (χ1) is 23.3. The van der Waals surface area contributed by atoms with Crippen LogP contribution in [0.2, 0.25) is 0 Å². The molecular weight excluding hydrogens is 679 g/mol. The Hall–Kier alpha value is -2.56. The molecular formula is C34H44F2N4O7S2. The first-order valence-corrected chi connectivity index (χ1v) is 19.5. The Balaban J connectivity index is 1.05. The molecule has 1 aromatic carbocycles. The maximum absolute atomic E-state index is 14.1. The Morgan fingerprint density at radius 1 is 1.22 bits per heavy atom. The van der Waals surface area contributed by atoms with E-state index in [1.165, 1.54) is 17.8 Å². The van der Waals surface area contributed by atoms with E-state index in [2.05, 4.69) is 22.3 Å². The lowest BCUT2D eigenvalue weighted by molar-refractivity contribution is -0.163. The molecule has 2 aliphatic heterocycles. The van der Waals surface area contributed by atoms with Gasteiger partial charge in [-0.1, -0.05) is 37.8 Å². The van der Waals surface area contributed by atoms with Gasteiger partial charge in [0.05, 0.1) is 34.9 Å². The molecule has 4 fully saturated rings. The third-order valence-electron chi connectivity index (χ3n) is 10.8. The monoisotopic (exact) mass is 722 g/mol. The van der Waals surface area contributed by atoms with Gasteiger partial charge in [-0.05, 0) is 79.7 Å². The largest absolute Gasteiger partial charge is 0.446 e. The average molecular weight is 723 g/mol. The second-order valence-corrected chi connectivity index (χ2v) is 17.8. The number of alkyl carbamates (subject to hydrolysis) is 1. The fourth-order valence-corrected chi connectivity index (χ4v) is 9.97. The number of ether oxygens (including phenoxy) is 2. The van der Waals surface area contributed by atoms with Crippen LogP contribution in [-0.4, -0.2) is 84.9 Å². The second-order valence-electron chi connectivity index (χ2n) is 14.9. The highest BCUT2D eigenvalue weighted by Crippen LogP contribution is 2.52. The summed E-state index contributed by atoms with van der Waals surface area (Å²) in [5, 5.41) is 28.2. The van der Waals surface area contributed by atoms with Crippen molar-refractivity contribution in [3.8, 4) is 0 Å². The van der Waals surface area contributed by atoms with E-state index in [0.717, 1.165) is 43.0 Å². The number of nitrogens with zero attached hydrogens (tertiary/aromatic N) is 1. The highest BCUT2D eigenvalue weighted by molar-refractivity contribution is 8.14. The van der Waals surface area contributed by atoms with Crippen LogP contribution in [0.5, 0.6) is 0 Å². The summed E-state index contributed by atoms with van der Waals surface area (Å²) in [7, 11) is -4.12. The Bertz CT molecular complexity index is 1660. The van der Waals surface area contributed by atoms with Gasteiger partial charge in [-0.25, -0.2) is 26.7 Å². The first-order valence-electron chi connectivity index (χ1n) is 17.1. The molecule has 7 unspecified atom stereocenters. The number of fused-ring (bicyclic) bond motifs is 3. The van der Waals surface area contributed by atoms with Gasteiger partial charge >= 0.3 is 6.09 Å². The number of aliphatic imine (C=N–C) groups is 1. The number of thioether (sulfide) groups is 1. The van der Waals surface area contributed by atoms with E-state index < -0.39 is 58.8 Å². The molecule has 6 aliphatic rings. The third-order valence-corrected chi connectivity index (χ3v) is 13.4. The van der Waals surface area contributed by atoms with E-state index in [-0.39, 0.29) is 58.0 Å². The zero-order valence-electron chi connectivity index (χ0n) is 27.5. The van der Waals surface area contributed by atoms with E-state index in [9.17, 15) is 32.2 Å². The lowest BCUT2D eigenvalue weighted by Crippen LogP contribution is -2.50. The lowest BCUT2D eigenvalue weighted by atomic mass is 9.92. The summed E-state index contributed by atoms with van der Waals surface area (Å²) in [6.07, 6.45) is 5.21. The maximum Gasteiger partial charge on any atom is 0.407 e. The van der Waals surface area contributed by atoms with Gasteiger partial charge in [0.25, 0.3) is 0 Å². The summed E-state index contributed by atoms with van der Waals surface area (Å²) in [5.74, 6) is -2.60. The minimum absolute atomic E-state index is 0.0245. The quantitative estimate of drug-likeness (QED) is 0.218. The number of carbonyl (C=O) groups excluding carboxylic acids is 1. The smallest absolute Gasteiger partial charge is 0.407 e. The number of aliphatic hydroxyl groups excluding tert-OH is 2. The molecule has 9 atom stereocenters. The Kier molecular flexibility index (Phi) is 9.63. The maximum atomic E-state index is 14.1. The first kappa shape index (κ1) is 34.9. The number of benzene rings is 1.